The van der Waals surface area contributed by atoms with Crippen molar-refractivity contribution in [3.63, 3.8) is 0 Å². The fourth-order valence-electron chi connectivity index (χ4n) is 1.51. The lowest BCUT2D eigenvalue weighted by atomic mass is 10.2. The zero-order valence-corrected chi connectivity index (χ0v) is 13.3. The van der Waals surface area contributed by atoms with Gasteiger partial charge in [-0.15, -0.1) is 0 Å². The minimum Gasteiger partial charge on any atom is -0.491 e. The van der Waals surface area contributed by atoms with Crippen LogP contribution >= 0.6 is 0 Å². The molecule has 1 aromatic carbocycles. The molecule has 0 saturated heterocycles. The molecule has 0 aromatic heterocycles. The SMILES string of the molecule is CN(C)CCOc1ccc(S(=O)(=O)N(C)C)cc1C(=O)O. The van der Waals surface area contributed by atoms with Crippen LogP contribution in [0.15, 0.2) is 23.1 Å². The highest BCUT2D eigenvalue weighted by atomic mass is 32.2. The number of carbonyl (C=O) groups is 1. The summed E-state index contributed by atoms with van der Waals surface area (Å²) in [7, 11) is 2.83. The molecule has 1 aromatic rings. The molecule has 0 aliphatic rings. The van der Waals surface area contributed by atoms with Gasteiger partial charge in [-0.3, -0.25) is 0 Å². The van der Waals surface area contributed by atoms with Crippen molar-refractivity contribution in [1.82, 2.24) is 9.21 Å². The minimum absolute atomic E-state index is 0.0788. The smallest absolute Gasteiger partial charge is 0.339 e. The predicted molar refractivity (Wildman–Crippen MR) is 78.3 cm³/mol. The first-order valence-corrected chi connectivity index (χ1v) is 7.67. The molecular formula is C13H20N2O5S. The second-order valence-electron chi connectivity index (χ2n) is 4.90. The van der Waals surface area contributed by atoms with Gasteiger partial charge in [0.1, 0.15) is 17.9 Å². The standard InChI is InChI=1S/C13H20N2O5S/c1-14(2)7-8-20-12-6-5-10(9-11(12)13(16)17)21(18,19)15(3)4/h5-6,9H,7-8H2,1-4H3,(H,16,17). The van der Waals surface area contributed by atoms with Crippen molar-refractivity contribution >= 4 is 16.0 Å². The Balaban J connectivity index is 3.11. The number of ether oxygens (including phenoxy) is 1. The van der Waals surface area contributed by atoms with E-state index in [0.29, 0.717) is 13.2 Å². The van der Waals surface area contributed by atoms with E-state index in [2.05, 4.69) is 0 Å². The summed E-state index contributed by atoms with van der Waals surface area (Å²) in [5, 5.41) is 9.20. The Morgan fingerprint density at radius 3 is 2.33 bits per heavy atom. The maximum Gasteiger partial charge on any atom is 0.339 e. The molecule has 0 unspecified atom stereocenters. The molecule has 0 aliphatic carbocycles. The van der Waals surface area contributed by atoms with Crippen LogP contribution in [0.5, 0.6) is 5.75 Å². The maximum atomic E-state index is 12.0. The molecule has 0 heterocycles. The van der Waals surface area contributed by atoms with Crippen LogP contribution in [0.3, 0.4) is 0 Å². The molecular weight excluding hydrogens is 296 g/mol. The third-order valence-electron chi connectivity index (χ3n) is 2.76. The van der Waals surface area contributed by atoms with E-state index in [1.54, 1.807) is 0 Å². The summed E-state index contributed by atoms with van der Waals surface area (Å²) in [6, 6.07) is 3.82. The zero-order chi connectivity index (χ0) is 16.2. The largest absolute Gasteiger partial charge is 0.491 e. The van der Waals surface area contributed by atoms with Crippen LogP contribution in [0.4, 0.5) is 0 Å². The number of rotatable bonds is 7. The van der Waals surface area contributed by atoms with Gasteiger partial charge < -0.3 is 14.7 Å². The normalized spacial score (nSPS) is 11.9. The number of carboxylic acid groups (broad SMARTS) is 1. The van der Waals surface area contributed by atoms with Crippen molar-refractivity contribution in [3.05, 3.63) is 23.8 Å². The topological polar surface area (TPSA) is 87.2 Å². The van der Waals surface area contributed by atoms with Gasteiger partial charge in [0, 0.05) is 20.6 Å². The molecule has 0 bridgehead atoms. The first-order chi connectivity index (χ1) is 9.66. The monoisotopic (exact) mass is 316 g/mol. The molecule has 8 heteroatoms. The Bertz CT molecular complexity index is 611. The second kappa shape index (κ2) is 6.88. The van der Waals surface area contributed by atoms with Gasteiger partial charge in [0.25, 0.3) is 0 Å². The Kier molecular flexibility index (Phi) is 5.70. The van der Waals surface area contributed by atoms with Gasteiger partial charge in [0.05, 0.1) is 4.90 Å². The highest BCUT2D eigenvalue weighted by Gasteiger charge is 2.21. The summed E-state index contributed by atoms with van der Waals surface area (Å²) in [6.45, 7) is 0.934. The molecule has 118 valence electrons. The first-order valence-electron chi connectivity index (χ1n) is 6.23. The quantitative estimate of drug-likeness (QED) is 0.791. The summed E-state index contributed by atoms with van der Waals surface area (Å²) in [6.07, 6.45) is 0. The van der Waals surface area contributed by atoms with Crippen LogP contribution in [-0.4, -0.2) is 70.0 Å². The summed E-state index contributed by atoms with van der Waals surface area (Å²) in [5.41, 5.74) is -0.170. The van der Waals surface area contributed by atoms with Gasteiger partial charge in [-0.05, 0) is 32.3 Å². The summed E-state index contributed by atoms with van der Waals surface area (Å²) in [5.74, 6) is -1.08. The van der Waals surface area contributed by atoms with Crippen LogP contribution in [0.25, 0.3) is 0 Å². The second-order valence-corrected chi connectivity index (χ2v) is 7.05. The fourth-order valence-corrected chi connectivity index (χ4v) is 2.44. The van der Waals surface area contributed by atoms with Crippen molar-refractivity contribution in [2.45, 2.75) is 4.90 Å². The molecule has 1 N–H and O–H groups in total. The summed E-state index contributed by atoms with van der Waals surface area (Å²) < 4.78 is 30.4. The first kappa shape index (κ1) is 17.4. The third-order valence-corrected chi connectivity index (χ3v) is 4.57. The molecule has 0 saturated carbocycles. The average molecular weight is 316 g/mol. The highest BCUT2D eigenvalue weighted by Crippen LogP contribution is 2.24. The number of benzene rings is 1. The summed E-state index contributed by atoms with van der Waals surface area (Å²) >= 11 is 0. The molecule has 0 aliphatic heterocycles. The van der Waals surface area contributed by atoms with Gasteiger partial charge in [0.15, 0.2) is 0 Å². The van der Waals surface area contributed by atoms with Crippen LogP contribution in [0.2, 0.25) is 0 Å². The molecule has 0 amide bonds. The predicted octanol–water partition coefficient (Wildman–Crippen LogP) is 0.576. The van der Waals surface area contributed by atoms with Gasteiger partial charge >= 0.3 is 5.97 Å². The van der Waals surface area contributed by atoms with Gasteiger partial charge in [-0.1, -0.05) is 0 Å². The molecule has 0 spiro atoms. The highest BCUT2D eigenvalue weighted by molar-refractivity contribution is 7.89. The minimum atomic E-state index is -3.68. The fraction of sp³-hybridized carbons (Fsp3) is 0.462. The Morgan fingerprint density at radius 1 is 1.24 bits per heavy atom. The third kappa shape index (κ3) is 4.42. The number of hydrogen-bond acceptors (Lipinski definition) is 5. The van der Waals surface area contributed by atoms with Gasteiger partial charge in [-0.2, -0.15) is 0 Å². The molecule has 0 atom stereocenters. The molecule has 21 heavy (non-hydrogen) atoms. The Morgan fingerprint density at radius 2 is 1.86 bits per heavy atom. The summed E-state index contributed by atoms with van der Waals surface area (Å²) in [4.78, 5) is 13.1. The van der Waals surface area contributed by atoms with Crippen LogP contribution in [0.1, 0.15) is 10.4 Å². The van der Waals surface area contributed by atoms with Gasteiger partial charge in [-0.25, -0.2) is 17.5 Å². The average Bonchev–Trinajstić information content (AvgIpc) is 2.37. The molecule has 7 nitrogen and oxygen atoms in total. The number of sulfonamides is 1. The van der Waals surface area contributed by atoms with E-state index in [0.717, 1.165) is 10.4 Å². The number of carboxylic acids is 1. The van der Waals surface area contributed by atoms with Crippen LogP contribution in [0, 0.1) is 0 Å². The number of nitrogens with zero attached hydrogens (tertiary/aromatic N) is 2. The van der Waals surface area contributed by atoms with Gasteiger partial charge in [0.2, 0.25) is 10.0 Å². The number of likely N-dealkylation sites (N-methyl/N-ethyl adjacent to an activating group) is 1. The lowest BCUT2D eigenvalue weighted by molar-refractivity contribution is 0.0691. The van der Waals surface area contributed by atoms with Crippen LogP contribution in [-0.2, 0) is 10.0 Å². The van der Waals surface area contributed by atoms with Crippen LogP contribution < -0.4 is 4.74 Å². The van der Waals surface area contributed by atoms with E-state index in [1.807, 2.05) is 19.0 Å². The van der Waals surface area contributed by atoms with E-state index in [4.69, 9.17) is 4.74 Å². The molecule has 0 fully saturated rings. The van der Waals surface area contributed by atoms with E-state index >= 15 is 0 Å². The lowest BCUT2D eigenvalue weighted by Gasteiger charge is -2.15. The van der Waals surface area contributed by atoms with Crippen molar-refractivity contribution in [2.75, 3.05) is 41.3 Å². The molecule has 0 radical (unpaired) electrons. The molecule has 1 rings (SSSR count). The van der Waals surface area contributed by atoms with E-state index in [-0.39, 0.29) is 16.2 Å². The van der Waals surface area contributed by atoms with E-state index < -0.39 is 16.0 Å². The number of aromatic carboxylic acids is 1. The maximum absolute atomic E-state index is 12.0. The van der Waals surface area contributed by atoms with Crippen molar-refractivity contribution < 1.29 is 23.1 Å². The Hall–Kier alpha value is -1.64. The zero-order valence-electron chi connectivity index (χ0n) is 12.5. The van der Waals surface area contributed by atoms with E-state index in [1.165, 1.54) is 26.2 Å². The van der Waals surface area contributed by atoms with Crippen molar-refractivity contribution in [3.8, 4) is 5.75 Å². The number of hydrogen-bond donors (Lipinski definition) is 1. The van der Waals surface area contributed by atoms with E-state index in [9.17, 15) is 18.3 Å². The lowest BCUT2D eigenvalue weighted by Crippen LogP contribution is -2.23. The Labute approximate surface area is 124 Å². The van der Waals surface area contributed by atoms with Crippen molar-refractivity contribution in [1.29, 1.82) is 0 Å². The van der Waals surface area contributed by atoms with Crippen molar-refractivity contribution in [2.24, 2.45) is 0 Å².